The van der Waals surface area contributed by atoms with Gasteiger partial charge in [-0.15, -0.1) is 11.3 Å². The predicted octanol–water partition coefficient (Wildman–Crippen LogP) is 3.36. The van der Waals surface area contributed by atoms with Crippen molar-refractivity contribution >= 4 is 11.3 Å². The number of thiazole rings is 1. The van der Waals surface area contributed by atoms with E-state index in [9.17, 15) is 5.11 Å². The molecule has 1 aromatic carbocycles. The quantitative estimate of drug-likeness (QED) is 0.880. The molecule has 2 aromatic rings. The van der Waals surface area contributed by atoms with Gasteiger partial charge in [0.15, 0.2) is 0 Å². The molecule has 102 valence electrons. The molecule has 1 unspecified atom stereocenters. The topological polar surface area (TPSA) is 45.2 Å². The van der Waals surface area contributed by atoms with E-state index in [1.54, 1.807) is 11.3 Å². The highest BCUT2D eigenvalue weighted by Gasteiger charge is 2.08. The number of rotatable bonds is 5. The van der Waals surface area contributed by atoms with Crippen LogP contribution in [0.25, 0.3) is 0 Å². The van der Waals surface area contributed by atoms with E-state index in [4.69, 9.17) is 0 Å². The average molecular weight is 276 g/mol. The zero-order chi connectivity index (χ0) is 13.8. The molecule has 0 spiro atoms. The fraction of sp³-hybridized carbons (Fsp3) is 0.400. The monoisotopic (exact) mass is 276 g/mol. The number of nitrogens with zero attached hydrogens (tertiary/aromatic N) is 1. The molecule has 19 heavy (non-hydrogen) atoms. The van der Waals surface area contributed by atoms with Gasteiger partial charge in [0.2, 0.25) is 0 Å². The lowest BCUT2D eigenvalue weighted by Gasteiger charge is -2.12. The van der Waals surface area contributed by atoms with E-state index in [0.717, 1.165) is 24.2 Å². The molecule has 0 aliphatic heterocycles. The first kappa shape index (κ1) is 14.0. The third-order valence-corrected chi connectivity index (χ3v) is 4.21. The standard InChI is InChI=1S/C15H20N2OS/c1-10-6-13(7-11(2)14(10)18)9-16-8-12(3)15-17-4-5-19-15/h4-7,12,16,18H,8-9H2,1-3H3. The first-order valence-electron chi connectivity index (χ1n) is 6.47. The van der Waals surface area contributed by atoms with E-state index in [1.807, 2.05) is 37.6 Å². The third kappa shape index (κ3) is 3.55. The minimum atomic E-state index is 0.403. The van der Waals surface area contributed by atoms with Crippen LogP contribution >= 0.6 is 11.3 Å². The minimum absolute atomic E-state index is 0.403. The zero-order valence-corrected chi connectivity index (χ0v) is 12.4. The summed E-state index contributed by atoms with van der Waals surface area (Å²) in [4.78, 5) is 4.33. The molecule has 2 rings (SSSR count). The van der Waals surface area contributed by atoms with Crippen molar-refractivity contribution in [2.75, 3.05) is 6.54 Å². The van der Waals surface area contributed by atoms with Crippen LogP contribution in [-0.4, -0.2) is 16.6 Å². The van der Waals surface area contributed by atoms with Gasteiger partial charge in [0, 0.05) is 30.6 Å². The molecule has 1 aromatic heterocycles. The maximum atomic E-state index is 9.74. The molecule has 3 nitrogen and oxygen atoms in total. The summed E-state index contributed by atoms with van der Waals surface area (Å²) in [5.41, 5.74) is 3.08. The molecule has 0 saturated carbocycles. The Balaban J connectivity index is 1.89. The number of aromatic hydroxyl groups is 1. The third-order valence-electron chi connectivity index (χ3n) is 3.20. The maximum Gasteiger partial charge on any atom is 0.121 e. The number of nitrogens with one attached hydrogen (secondary N) is 1. The van der Waals surface area contributed by atoms with E-state index in [1.165, 1.54) is 10.6 Å². The van der Waals surface area contributed by atoms with Gasteiger partial charge in [0.25, 0.3) is 0 Å². The average Bonchev–Trinajstić information content (AvgIpc) is 2.89. The van der Waals surface area contributed by atoms with Crippen molar-refractivity contribution in [3.8, 4) is 5.75 Å². The van der Waals surface area contributed by atoms with Gasteiger partial charge < -0.3 is 10.4 Å². The Labute approximate surface area is 118 Å². The van der Waals surface area contributed by atoms with E-state index in [0.29, 0.717) is 11.7 Å². The second-order valence-corrected chi connectivity index (χ2v) is 5.91. The van der Waals surface area contributed by atoms with Crippen molar-refractivity contribution in [2.24, 2.45) is 0 Å². The van der Waals surface area contributed by atoms with Crippen LogP contribution in [-0.2, 0) is 6.54 Å². The minimum Gasteiger partial charge on any atom is -0.507 e. The molecule has 0 saturated heterocycles. The summed E-state index contributed by atoms with van der Waals surface area (Å²) in [6, 6.07) is 4.06. The van der Waals surface area contributed by atoms with Crippen molar-refractivity contribution in [1.29, 1.82) is 0 Å². The Morgan fingerprint density at radius 3 is 2.58 bits per heavy atom. The fourth-order valence-electron chi connectivity index (χ4n) is 2.15. The van der Waals surface area contributed by atoms with Gasteiger partial charge in [-0.25, -0.2) is 4.98 Å². The number of benzene rings is 1. The SMILES string of the molecule is Cc1cc(CNCC(C)c2nccs2)cc(C)c1O. The lowest BCUT2D eigenvalue weighted by atomic mass is 10.1. The van der Waals surface area contributed by atoms with Crippen LogP contribution in [0, 0.1) is 13.8 Å². The largest absolute Gasteiger partial charge is 0.507 e. The summed E-state index contributed by atoms with van der Waals surface area (Å²) >= 11 is 1.70. The van der Waals surface area contributed by atoms with Crippen LogP contribution in [0.5, 0.6) is 5.75 Å². The second-order valence-electron chi connectivity index (χ2n) is 4.98. The summed E-state index contributed by atoms with van der Waals surface area (Å²) in [7, 11) is 0. The molecule has 0 bridgehead atoms. The Morgan fingerprint density at radius 2 is 2.00 bits per heavy atom. The molecule has 0 radical (unpaired) electrons. The summed E-state index contributed by atoms with van der Waals surface area (Å²) in [5.74, 6) is 0.833. The molecule has 0 aliphatic carbocycles. The number of hydrogen-bond donors (Lipinski definition) is 2. The Kier molecular flexibility index (Phi) is 4.56. The fourth-order valence-corrected chi connectivity index (χ4v) is 2.84. The van der Waals surface area contributed by atoms with Crippen molar-refractivity contribution in [1.82, 2.24) is 10.3 Å². The van der Waals surface area contributed by atoms with E-state index in [-0.39, 0.29) is 0 Å². The molecule has 1 atom stereocenters. The highest BCUT2D eigenvalue weighted by molar-refractivity contribution is 7.09. The Morgan fingerprint density at radius 1 is 1.32 bits per heavy atom. The van der Waals surface area contributed by atoms with Crippen molar-refractivity contribution < 1.29 is 5.11 Å². The van der Waals surface area contributed by atoms with Gasteiger partial charge in [-0.05, 0) is 30.5 Å². The number of phenolic OH excluding ortho intramolecular Hbond substituents is 1. The maximum absolute atomic E-state index is 9.74. The summed E-state index contributed by atoms with van der Waals surface area (Å²) in [6.45, 7) is 7.78. The number of hydrogen-bond acceptors (Lipinski definition) is 4. The molecular weight excluding hydrogens is 256 g/mol. The normalized spacial score (nSPS) is 12.6. The van der Waals surface area contributed by atoms with Crippen molar-refractivity contribution in [3.05, 3.63) is 45.4 Å². The molecule has 0 fully saturated rings. The first-order valence-corrected chi connectivity index (χ1v) is 7.35. The molecule has 0 amide bonds. The highest BCUT2D eigenvalue weighted by Crippen LogP contribution is 2.23. The van der Waals surface area contributed by atoms with Gasteiger partial charge in [-0.3, -0.25) is 0 Å². The molecule has 0 aliphatic rings. The molecular formula is C15H20N2OS. The number of phenols is 1. The van der Waals surface area contributed by atoms with Gasteiger partial charge in [-0.1, -0.05) is 19.1 Å². The van der Waals surface area contributed by atoms with Crippen molar-refractivity contribution in [3.63, 3.8) is 0 Å². The Hall–Kier alpha value is -1.39. The van der Waals surface area contributed by atoms with Gasteiger partial charge in [0.05, 0.1) is 5.01 Å². The Bertz CT molecular complexity index is 514. The van der Waals surface area contributed by atoms with Gasteiger partial charge in [-0.2, -0.15) is 0 Å². The van der Waals surface area contributed by atoms with Crippen LogP contribution in [0.3, 0.4) is 0 Å². The van der Waals surface area contributed by atoms with Crippen LogP contribution in [0.2, 0.25) is 0 Å². The second kappa shape index (κ2) is 6.17. The van der Waals surface area contributed by atoms with E-state index < -0.39 is 0 Å². The van der Waals surface area contributed by atoms with Crippen LogP contribution < -0.4 is 5.32 Å². The van der Waals surface area contributed by atoms with Crippen LogP contribution in [0.4, 0.5) is 0 Å². The molecule has 1 heterocycles. The molecule has 2 N–H and O–H groups in total. The predicted molar refractivity (Wildman–Crippen MR) is 79.8 cm³/mol. The lowest BCUT2D eigenvalue weighted by molar-refractivity contribution is 0.466. The van der Waals surface area contributed by atoms with Crippen LogP contribution in [0.15, 0.2) is 23.7 Å². The lowest BCUT2D eigenvalue weighted by Crippen LogP contribution is -2.19. The van der Waals surface area contributed by atoms with E-state index >= 15 is 0 Å². The summed E-state index contributed by atoms with van der Waals surface area (Å²) < 4.78 is 0. The van der Waals surface area contributed by atoms with E-state index in [2.05, 4.69) is 17.2 Å². The summed E-state index contributed by atoms with van der Waals surface area (Å²) in [5, 5.41) is 16.4. The van der Waals surface area contributed by atoms with Gasteiger partial charge >= 0.3 is 0 Å². The zero-order valence-electron chi connectivity index (χ0n) is 11.6. The summed E-state index contributed by atoms with van der Waals surface area (Å²) in [6.07, 6.45) is 1.85. The highest BCUT2D eigenvalue weighted by atomic mass is 32.1. The smallest absolute Gasteiger partial charge is 0.121 e. The van der Waals surface area contributed by atoms with Crippen LogP contribution in [0.1, 0.15) is 34.5 Å². The molecule has 4 heteroatoms. The first-order chi connectivity index (χ1) is 9.08. The number of aromatic nitrogens is 1. The van der Waals surface area contributed by atoms with Crippen molar-refractivity contribution in [2.45, 2.75) is 33.2 Å². The number of aryl methyl sites for hydroxylation is 2. The van der Waals surface area contributed by atoms with Gasteiger partial charge in [0.1, 0.15) is 5.75 Å².